The minimum atomic E-state index is -0.539. The lowest BCUT2D eigenvalue weighted by Gasteiger charge is -2.48. The average molecular weight is 736 g/mol. The Kier molecular flexibility index (Phi) is 5.67. The normalized spacial score (nSPS) is 14.8. The van der Waals surface area contributed by atoms with Crippen molar-refractivity contribution in [2.75, 3.05) is 0 Å². The topological polar surface area (TPSA) is 18.1 Å². The van der Waals surface area contributed by atoms with Crippen LogP contribution in [0.15, 0.2) is 205 Å². The number of nitrogens with zero attached hydrogens (tertiary/aromatic N) is 1. The van der Waals surface area contributed by atoms with E-state index in [0.29, 0.717) is 0 Å². The first kappa shape index (κ1) is 30.8. The minimum absolute atomic E-state index is 0.459. The summed E-state index contributed by atoms with van der Waals surface area (Å²) in [6, 6.07) is 75.1. The number of aromatic nitrogens is 1. The molecule has 0 saturated carbocycles. The molecular formula is C56H33NO. The maximum Gasteiger partial charge on any atom is 0.135 e. The third kappa shape index (κ3) is 3.45. The fourth-order valence-electron chi connectivity index (χ4n) is 11.8. The summed E-state index contributed by atoms with van der Waals surface area (Å²) in [4.78, 5) is 0. The molecule has 2 aromatic heterocycles. The number of benzene rings is 9. The van der Waals surface area contributed by atoms with E-state index in [2.05, 4.69) is 199 Å². The molecule has 3 aliphatic rings. The number of para-hydroxylation sites is 2. The first-order chi connectivity index (χ1) is 28.8. The van der Waals surface area contributed by atoms with E-state index in [9.17, 15) is 0 Å². The molecule has 2 spiro atoms. The summed E-state index contributed by atoms with van der Waals surface area (Å²) in [7, 11) is 0. The van der Waals surface area contributed by atoms with E-state index in [1.807, 2.05) is 6.07 Å². The highest BCUT2D eigenvalue weighted by Gasteiger charge is 2.58. The van der Waals surface area contributed by atoms with E-state index in [1.54, 1.807) is 0 Å². The molecule has 0 aliphatic heterocycles. The Labute approximate surface area is 334 Å². The lowest BCUT2D eigenvalue weighted by atomic mass is 9.52. The van der Waals surface area contributed by atoms with Gasteiger partial charge in [0.15, 0.2) is 0 Å². The Morgan fingerprint density at radius 2 is 0.759 bits per heavy atom. The monoisotopic (exact) mass is 735 g/mol. The number of fused-ring (bicyclic) bond motifs is 22. The predicted octanol–water partition coefficient (Wildman–Crippen LogP) is 13.7. The Morgan fingerprint density at radius 1 is 0.293 bits per heavy atom. The van der Waals surface area contributed by atoms with Crippen molar-refractivity contribution < 1.29 is 4.42 Å². The lowest BCUT2D eigenvalue weighted by Crippen LogP contribution is -2.43. The van der Waals surface area contributed by atoms with Gasteiger partial charge in [-0.3, -0.25) is 0 Å². The first-order valence-electron chi connectivity index (χ1n) is 20.3. The molecule has 14 rings (SSSR count). The number of rotatable bonds is 1. The van der Waals surface area contributed by atoms with Gasteiger partial charge in [-0.15, -0.1) is 0 Å². The van der Waals surface area contributed by atoms with Gasteiger partial charge in [-0.25, -0.2) is 0 Å². The molecule has 2 heteroatoms. The van der Waals surface area contributed by atoms with Gasteiger partial charge in [-0.05, 0) is 109 Å². The van der Waals surface area contributed by atoms with Crippen molar-refractivity contribution in [3.05, 3.63) is 245 Å². The molecule has 9 aromatic carbocycles. The van der Waals surface area contributed by atoms with E-state index in [4.69, 9.17) is 4.42 Å². The Bertz CT molecular complexity index is 3500. The van der Waals surface area contributed by atoms with Crippen LogP contribution in [0.5, 0.6) is 0 Å². The van der Waals surface area contributed by atoms with E-state index in [-0.39, 0.29) is 0 Å². The van der Waals surface area contributed by atoms with Crippen molar-refractivity contribution in [2.24, 2.45) is 0 Å². The molecule has 0 saturated heterocycles. The molecule has 0 N–H and O–H groups in total. The smallest absolute Gasteiger partial charge is 0.135 e. The van der Waals surface area contributed by atoms with Crippen LogP contribution in [0.1, 0.15) is 44.5 Å². The van der Waals surface area contributed by atoms with Crippen LogP contribution in [0.3, 0.4) is 0 Å². The van der Waals surface area contributed by atoms with Crippen LogP contribution >= 0.6 is 0 Å². The average Bonchev–Trinajstić information content (AvgIpc) is 4.00. The fraction of sp³-hybridized carbons (Fsp3) is 0.0357. The van der Waals surface area contributed by atoms with Crippen molar-refractivity contribution in [1.82, 2.24) is 4.57 Å². The van der Waals surface area contributed by atoms with E-state index in [0.717, 1.165) is 27.6 Å². The zero-order valence-electron chi connectivity index (χ0n) is 31.4. The highest BCUT2D eigenvalue weighted by Crippen LogP contribution is 2.67. The second-order valence-corrected chi connectivity index (χ2v) is 16.3. The van der Waals surface area contributed by atoms with Crippen LogP contribution in [0, 0.1) is 0 Å². The van der Waals surface area contributed by atoms with Crippen molar-refractivity contribution in [2.45, 2.75) is 10.8 Å². The molecule has 0 atom stereocenters. The van der Waals surface area contributed by atoms with Crippen molar-refractivity contribution in [3.8, 4) is 27.9 Å². The molecule has 0 unspecified atom stereocenters. The molecule has 0 fully saturated rings. The first-order valence-corrected chi connectivity index (χ1v) is 20.3. The zero-order chi connectivity index (χ0) is 37.7. The number of hydrogen-bond acceptors (Lipinski definition) is 1. The van der Waals surface area contributed by atoms with Crippen LogP contribution in [0.4, 0.5) is 0 Å². The van der Waals surface area contributed by atoms with Crippen LogP contribution < -0.4 is 0 Å². The van der Waals surface area contributed by atoms with Gasteiger partial charge in [0.25, 0.3) is 0 Å². The fourth-order valence-corrected chi connectivity index (χ4v) is 11.8. The van der Waals surface area contributed by atoms with Crippen LogP contribution in [0.2, 0.25) is 0 Å². The molecular weight excluding hydrogens is 703 g/mol. The van der Waals surface area contributed by atoms with Crippen LogP contribution in [-0.2, 0) is 10.8 Å². The van der Waals surface area contributed by atoms with E-state index in [1.165, 1.54) is 88.6 Å². The summed E-state index contributed by atoms with van der Waals surface area (Å²) < 4.78 is 8.75. The SMILES string of the molecule is c1ccc2c(c1)-c1ccccc1C21c2ccccc2C2(c3ccccc3-c3cc4c(cc32)c2ccccc2n4-c2ccc3oc4ccccc4c3c2)c2ccccc21. The highest BCUT2D eigenvalue weighted by atomic mass is 16.3. The van der Waals surface area contributed by atoms with Gasteiger partial charge in [0.05, 0.1) is 21.9 Å². The van der Waals surface area contributed by atoms with Crippen LogP contribution in [-0.4, -0.2) is 4.57 Å². The van der Waals surface area contributed by atoms with Gasteiger partial charge in [0.2, 0.25) is 0 Å². The van der Waals surface area contributed by atoms with E-state index >= 15 is 0 Å². The third-order valence-corrected chi connectivity index (χ3v) is 13.9. The predicted molar refractivity (Wildman–Crippen MR) is 236 cm³/mol. The van der Waals surface area contributed by atoms with Gasteiger partial charge >= 0.3 is 0 Å². The standard InChI is InChI=1S/C56H33NO/c1-6-20-43-35(15-1)36-16-2-7-21-44(36)55(43)46-23-9-11-25-48(46)56(49-26-12-10-24-47(49)55)45-22-8-3-17-37(45)40-33-52-41(32-50(40)56)38-18-4-13-27-51(38)57(52)34-29-30-54-42(31-34)39-19-5-14-28-53(39)58-54/h1-33H. The lowest BCUT2D eigenvalue weighted by molar-refractivity contribution is 0.633. The summed E-state index contributed by atoms with van der Waals surface area (Å²) in [6.07, 6.45) is 0. The molecule has 11 aromatic rings. The molecule has 2 heterocycles. The molecule has 268 valence electrons. The third-order valence-electron chi connectivity index (χ3n) is 13.9. The minimum Gasteiger partial charge on any atom is -0.456 e. The Hall–Kier alpha value is -7.42. The second-order valence-electron chi connectivity index (χ2n) is 16.3. The summed E-state index contributed by atoms with van der Waals surface area (Å²) in [5, 5.41) is 4.77. The molecule has 0 radical (unpaired) electrons. The molecule has 0 bridgehead atoms. The van der Waals surface area contributed by atoms with Crippen LogP contribution in [0.25, 0.3) is 71.7 Å². The summed E-state index contributed by atoms with van der Waals surface area (Å²) in [5.41, 5.74) is 20.4. The molecule has 3 aliphatic carbocycles. The van der Waals surface area contributed by atoms with Crippen molar-refractivity contribution in [3.63, 3.8) is 0 Å². The molecule has 2 nitrogen and oxygen atoms in total. The van der Waals surface area contributed by atoms with Gasteiger partial charge in [0, 0.05) is 27.2 Å². The van der Waals surface area contributed by atoms with Gasteiger partial charge in [-0.1, -0.05) is 158 Å². The molecule has 58 heavy (non-hydrogen) atoms. The van der Waals surface area contributed by atoms with Gasteiger partial charge in [0.1, 0.15) is 11.2 Å². The van der Waals surface area contributed by atoms with E-state index < -0.39 is 10.8 Å². The summed E-state index contributed by atoms with van der Waals surface area (Å²) in [5.74, 6) is 0. The molecule has 0 amide bonds. The zero-order valence-corrected chi connectivity index (χ0v) is 31.4. The quantitative estimate of drug-likeness (QED) is 0.164. The van der Waals surface area contributed by atoms with Gasteiger partial charge < -0.3 is 8.98 Å². The largest absolute Gasteiger partial charge is 0.456 e. The Balaban J connectivity index is 1.12. The van der Waals surface area contributed by atoms with Crippen molar-refractivity contribution in [1.29, 1.82) is 0 Å². The van der Waals surface area contributed by atoms with Crippen molar-refractivity contribution >= 4 is 43.7 Å². The Morgan fingerprint density at radius 3 is 1.38 bits per heavy atom. The summed E-state index contributed by atoms with van der Waals surface area (Å²) in [6.45, 7) is 0. The second kappa shape index (κ2) is 10.7. The maximum absolute atomic E-state index is 6.28. The maximum atomic E-state index is 6.28. The number of furan rings is 1. The number of hydrogen-bond donors (Lipinski definition) is 0. The van der Waals surface area contributed by atoms with Gasteiger partial charge in [-0.2, -0.15) is 0 Å². The summed E-state index contributed by atoms with van der Waals surface area (Å²) >= 11 is 0. The highest BCUT2D eigenvalue weighted by molar-refractivity contribution is 6.13.